The summed E-state index contributed by atoms with van der Waals surface area (Å²) in [6.45, 7) is -0.404. The Kier molecular flexibility index (Phi) is 13.7. The SMILES string of the molecule is COc1ccc(Cc2ccc(C(OC[C@H]3O[C@@H](n4cnc5c4N=CN(C(=O)CNC(=O)OCC4c6ccccc6-c6ccccc64)C5O)C(N)C3O)c3ccc(Cc4ccc(OC)cc4)cc3)cc2)cc1. The summed E-state index contributed by atoms with van der Waals surface area (Å²) < 4.78 is 30.9. The minimum atomic E-state index is -1.53. The first-order valence-electron chi connectivity index (χ1n) is 23.5. The van der Waals surface area contributed by atoms with Gasteiger partial charge < -0.3 is 44.9 Å². The van der Waals surface area contributed by atoms with E-state index >= 15 is 0 Å². The van der Waals surface area contributed by atoms with Gasteiger partial charge in [-0.2, -0.15) is 0 Å². The summed E-state index contributed by atoms with van der Waals surface area (Å²) >= 11 is 0. The number of ether oxygens (including phenoxy) is 5. The Morgan fingerprint density at radius 2 is 1.24 bits per heavy atom. The van der Waals surface area contributed by atoms with Crippen molar-refractivity contribution in [2.24, 2.45) is 10.7 Å². The highest BCUT2D eigenvalue weighted by Crippen LogP contribution is 2.45. The number of aliphatic hydroxyl groups is 2. The number of methoxy groups -OCH3 is 2. The van der Waals surface area contributed by atoms with E-state index in [0.29, 0.717) is 0 Å². The lowest BCUT2D eigenvalue weighted by Crippen LogP contribution is -2.43. The lowest BCUT2D eigenvalue weighted by molar-refractivity contribution is -0.133. The van der Waals surface area contributed by atoms with Crippen LogP contribution < -0.4 is 20.5 Å². The monoisotopic (exact) mass is 954 g/mol. The third-order valence-corrected chi connectivity index (χ3v) is 13.4. The second-order valence-corrected chi connectivity index (χ2v) is 17.8. The van der Waals surface area contributed by atoms with Gasteiger partial charge in [0.1, 0.15) is 55.0 Å². The van der Waals surface area contributed by atoms with E-state index in [2.05, 4.69) is 88.1 Å². The molecule has 1 aromatic heterocycles. The number of hydrogen-bond donors (Lipinski definition) is 4. The molecular weight excluding hydrogens is 901 g/mol. The Morgan fingerprint density at radius 1 is 0.718 bits per heavy atom. The highest BCUT2D eigenvalue weighted by atomic mass is 16.6. The van der Waals surface area contributed by atoms with Gasteiger partial charge in [-0.15, -0.1) is 0 Å². The molecule has 2 aliphatic heterocycles. The third-order valence-electron chi connectivity index (χ3n) is 13.4. The van der Waals surface area contributed by atoms with Crippen molar-refractivity contribution < 1.29 is 43.5 Å². The summed E-state index contributed by atoms with van der Waals surface area (Å²) in [5, 5.41) is 25.3. The predicted molar refractivity (Wildman–Crippen MR) is 265 cm³/mol. The molecule has 2 amide bonds. The first kappa shape index (κ1) is 47.0. The number of fused-ring (bicyclic) bond motifs is 4. The van der Waals surface area contributed by atoms with Gasteiger partial charge in [-0.25, -0.2) is 14.8 Å². The molecule has 3 unspecified atom stereocenters. The molecule has 15 nitrogen and oxygen atoms in total. The Balaban J connectivity index is 0.783. The number of nitrogens with one attached hydrogen (secondary N) is 1. The van der Waals surface area contributed by atoms with Crippen LogP contribution in [0.15, 0.2) is 157 Å². The molecule has 3 aliphatic rings. The van der Waals surface area contributed by atoms with E-state index in [-0.39, 0.29) is 30.6 Å². The Hall–Kier alpha value is -7.66. The van der Waals surface area contributed by atoms with Crippen molar-refractivity contribution >= 4 is 24.2 Å². The zero-order valence-corrected chi connectivity index (χ0v) is 39.2. The van der Waals surface area contributed by atoms with Gasteiger partial charge in [0, 0.05) is 5.92 Å². The fourth-order valence-electron chi connectivity index (χ4n) is 9.58. The maximum atomic E-state index is 13.3. The number of aliphatic hydroxyl groups excluding tert-OH is 2. The molecule has 1 saturated heterocycles. The van der Waals surface area contributed by atoms with E-state index in [4.69, 9.17) is 29.4 Å². The number of hydrogen-bond acceptors (Lipinski definition) is 12. The molecule has 6 aromatic carbocycles. The zero-order valence-electron chi connectivity index (χ0n) is 39.2. The number of aromatic nitrogens is 2. The van der Waals surface area contributed by atoms with Crippen molar-refractivity contribution in [3.63, 3.8) is 0 Å². The number of benzene rings is 6. The number of amides is 2. The van der Waals surface area contributed by atoms with Crippen LogP contribution in [0.3, 0.4) is 0 Å². The molecule has 10 rings (SSSR count). The van der Waals surface area contributed by atoms with Crippen LogP contribution in [0, 0.1) is 0 Å². The average Bonchev–Trinajstić information content (AvgIpc) is 4.07. The Morgan fingerprint density at radius 3 is 1.77 bits per heavy atom. The molecule has 0 spiro atoms. The zero-order chi connectivity index (χ0) is 49.0. The van der Waals surface area contributed by atoms with Gasteiger partial charge in [-0.3, -0.25) is 14.3 Å². The quantitative estimate of drug-likeness (QED) is 0.0750. The second kappa shape index (κ2) is 20.7. The van der Waals surface area contributed by atoms with Crippen LogP contribution in [0.4, 0.5) is 10.6 Å². The Labute approximate surface area is 411 Å². The van der Waals surface area contributed by atoms with Crippen molar-refractivity contribution in [1.82, 2.24) is 19.8 Å². The lowest BCUT2D eigenvalue weighted by atomic mass is 9.96. The molecule has 5 N–H and O–H groups in total. The summed E-state index contributed by atoms with van der Waals surface area (Å²) in [6, 6.07) is 47.7. The molecule has 362 valence electrons. The summed E-state index contributed by atoms with van der Waals surface area (Å²) in [4.78, 5) is 36.0. The number of nitrogens with two attached hydrogens (primary N) is 1. The van der Waals surface area contributed by atoms with Crippen molar-refractivity contribution in [1.29, 1.82) is 0 Å². The topological polar surface area (TPSA) is 192 Å². The molecule has 1 fully saturated rings. The summed E-state index contributed by atoms with van der Waals surface area (Å²) in [7, 11) is 3.30. The summed E-state index contributed by atoms with van der Waals surface area (Å²) in [5.74, 6) is 1.01. The number of nitrogens with zero attached hydrogens (tertiary/aromatic N) is 4. The molecule has 71 heavy (non-hydrogen) atoms. The van der Waals surface area contributed by atoms with Crippen LogP contribution in [0.5, 0.6) is 11.5 Å². The fourth-order valence-corrected chi connectivity index (χ4v) is 9.58. The lowest BCUT2D eigenvalue weighted by Gasteiger charge is -2.27. The van der Waals surface area contributed by atoms with Crippen molar-refractivity contribution in [2.75, 3.05) is 34.0 Å². The van der Waals surface area contributed by atoms with Gasteiger partial charge in [-0.05, 0) is 92.7 Å². The first-order chi connectivity index (χ1) is 34.6. The number of carbonyl (C=O) groups excluding carboxylic acids is 2. The number of carbonyl (C=O) groups is 2. The van der Waals surface area contributed by atoms with Crippen LogP contribution in [0.1, 0.15) is 74.7 Å². The smallest absolute Gasteiger partial charge is 0.407 e. The molecule has 0 saturated carbocycles. The van der Waals surface area contributed by atoms with Crippen molar-refractivity contribution in [2.45, 2.75) is 55.6 Å². The van der Waals surface area contributed by atoms with Crippen LogP contribution in [-0.4, -0.2) is 95.2 Å². The minimum absolute atomic E-state index is 0.0149. The minimum Gasteiger partial charge on any atom is -0.497 e. The van der Waals surface area contributed by atoms with Gasteiger partial charge >= 0.3 is 6.09 Å². The largest absolute Gasteiger partial charge is 0.497 e. The molecule has 0 radical (unpaired) electrons. The van der Waals surface area contributed by atoms with E-state index in [0.717, 1.165) is 84.9 Å². The third kappa shape index (κ3) is 9.91. The van der Waals surface area contributed by atoms with Crippen LogP contribution >= 0.6 is 0 Å². The van der Waals surface area contributed by atoms with Gasteiger partial charge in [0.2, 0.25) is 5.91 Å². The second-order valence-electron chi connectivity index (χ2n) is 17.8. The van der Waals surface area contributed by atoms with Gasteiger partial charge in [-0.1, -0.05) is 121 Å². The normalized spacial score (nSPS) is 19.0. The van der Waals surface area contributed by atoms with E-state index in [1.54, 1.807) is 14.2 Å². The molecule has 7 aromatic rings. The predicted octanol–water partition coefficient (Wildman–Crippen LogP) is 7.51. The van der Waals surface area contributed by atoms with Gasteiger partial charge in [0.05, 0.1) is 33.2 Å². The summed E-state index contributed by atoms with van der Waals surface area (Å²) in [6.07, 6.45) is -1.71. The van der Waals surface area contributed by atoms with Crippen LogP contribution in [0.25, 0.3) is 11.1 Å². The standard InChI is InChI=1S/C56H54N6O9/c1-67-40-23-15-36(16-24-40)27-34-11-19-38(20-12-34)52(39-21-13-35(14-22-39)28-37-17-25-41(68-2)26-18-37)69-31-47-51(64)49(57)55(71-47)62-32-59-50-53(62)60-33-61(54(50)65)48(63)29-58-56(66)70-30-46-44-9-5-3-7-42(44)43-8-4-6-10-45(43)46/h3-26,32-33,46-47,49,51-52,54-55,64-65H,27-31,57H2,1-2H3,(H,58,66)/t47-,49?,51?,54?,55-/m1/s1. The molecule has 3 heterocycles. The van der Waals surface area contributed by atoms with E-state index in [9.17, 15) is 19.8 Å². The number of imidazole rings is 1. The van der Waals surface area contributed by atoms with E-state index in [1.807, 2.05) is 72.8 Å². The average molecular weight is 955 g/mol. The maximum Gasteiger partial charge on any atom is 0.407 e. The molecule has 5 atom stereocenters. The highest BCUT2D eigenvalue weighted by Gasteiger charge is 2.45. The fraction of sp³-hybridized carbons (Fsp3) is 0.250. The number of rotatable bonds is 16. The molecule has 0 bridgehead atoms. The number of alkyl carbamates (subject to hydrolysis) is 1. The molecule has 1 aliphatic carbocycles. The van der Waals surface area contributed by atoms with Crippen molar-refractivity contribution in [3.8, 4) is 22.6 Å². The van der Waals surface area contributed by atoms with Gasteiger partial charge in [0.25, 0.3) is 0 Å². The van der Waals surface area contributed by atoms with Crippen LogP contribution in [0.2, 0.25) is 0 Å². The highest BCUT2D eigenvalue weighted by molar-refractivity contribution is 5.92. The van der Waals surface area contributed by atoms with Crippen molar-refractivity contribution in [3.05, 3.63) is 202 Å². The molecular formula is C56H54N6O9. The van der Waals surface area contributed by atoms with E-state index in [1.165, 1.54) is 17.2 Å². The molecule has 15 heteroatoms. The Bertz CT molecular complexity index is 2880. The van der Waals surface area contributed by atoms with Gasteiger partial charge in [0.15, 0.2) is 18.3 Å². The van der Waals surface area contributed by atoms with Crippen LogP contribution in [-0.2, 0) is 31.8 Å². The first-order valence-corrected chi connectivity index (χ1v) is 23.5. The maximum absolute atomic E-state index is 13.3. The van der Waals surface area contributed by atoms with E-state index < -0.39 is 55.4 Å². The summed E-state index contributed by atoms with van der Waals surface area (Å²) in [5.41, 5.74) is 17.4. The number of aliphatic imine (C=N–C) groups is 1.